The van der Waals surface area contributed by atoms with E-state index in [0.717, 1.165) is 0 Å². The van der Waals surface area contributed by atoms with Crippen LogP contribution in [0.2, 0.25) is 0 Å². The number of rotatable bonds is 4. The molecule has 6 heteroatoms. The van der Waals surface area contributed by atoms with Gasteiger partial charge in [-0.25, -0.2) is 4.79 Å². The molecule has 1 aromatic carbocycles. The normalized spacial score (nSPS) is 9.56. The van der Waals surface area contributed by atoms with Gasteiger partial charge < -0.3 is 21.5 Å². The number of amides is 1. The topological polar surface area (TPSA) is 104 Å². The number of nitrogen functional groups attached to an aromatic ring is 1. The third-order valence-electron chi connectivity index (χ3n) is 2.02. The van der Waals surface area contributed by atoms with E-state index in [-0.39, 0.29) is 18.0 Å². The minimum absolute atomic E-state index is 0.0904. The lowest BCUT2D eigenvalue weighted by molar-refractivity contribution is -0.118. The predicted molar refractivity (Wildman–Crippen MR) is 60.4 cm³/mol. The second kappa shape index (κ2) is 5.01. The van der Waals surface area contributed by atoms with E-state index in [2.05, 4.69) is 10.6 Å². The fraction of sp³-hybridized carbons (Fsp3) is 0.200. The Labute approximate surface area is 92.4 Å². The van der Waals surface area contributed by atoms with Gasteiger partial charge in [0.2, 0.25) is 5.91 Å². The summed E-state index contributed by atoms with van der Waals surface area (Å²) in [4.78, 5) is 21.6. The zero-order valence-corrected chi connectivity index (χ0v) is 8.78. The smallest absolute Gasteiger partial charge is 0.335 e. The van der Waals surface area contributed by atoms with Gasteiger partial charge in [0.25, 0.3) is 0 Å². The summed E-state index contributed by atoms with van der Waals surface area (Å²) in [5.74, 6) is -1.22. The fourth-order valence-electron chi connectivity index (χ4n) is 1.12. The Balaban J connectivity index is 2.75. The average molecular weight is 223 g/mol. The van der Waals surface area contributed by atoms with Gasteiger partial charge in [-0.3, -0.25) is 4.79 Å². The molecule has 0 fully saturated rings. The third kappa shape index (κ3) is 2.88. The molecule has 86 valence electrons. The molecule has 0 saturated heterocycles. The lowest BCUT2D eigenvalue weighted by Crippen LogP contribution is -2.26. The van der Waals surface area contributed by atoms with Crippen LogP contribution in [-0.2, 0) is 4.79 Å². The van der Waals surface area contributed by atoms with Crippen molar-refractivity contribution < 1.29 is 14.7 Å². The standard InChI is InChI=1S/C10H13N3O3/c1-12-9(14)5-13-8-3-2-6(10(15)16)4-7(8)11/h2-4,13H,5,11H2,1H3,(H,12,14)(H,15,16). The van der Waals surface area contributed by atoms with Crippen molar-refractivity contribution in [2.75, 3.05) is 24.6 Å². The monoisotopic (exact) mass is 223 g/mol. The Kier molecular flexibility index (Phi) is 3.71. The number of likely N-dealkylation sites (N-methyl/N-ethyl adjacent to an activating group) is 1. The van der Waals surface area contributed by atoms with Gasteiger partial charge in [-0.15, -0.1) is 0 Å². The molecule has 0 bridgehead atoms. The quantitative estimate of drug-likeness (QED) is 0.543. The van der Waals surface area contributed by atoms with E-state index in [9.17, 15) is 9.59 Å². The number of carboxylic acid groups (broad SMARTS) is 1. The van der Waals surface area contributed by atoms with E-state index >= 15 is 0 Å². The van der Waals surface area contributed by atoms with Crippen LogP contribution in [0, 0.1) is 0 Å². The highest BCUT2D eigenvalue weighted by Gasteiger charge is 2.06. The summed E-state index contributed by atoms with van der Waals surface area (Å²) >= 11 is 0. The summed E-state index contributed by atoms with van der Waals surface area (Å²) in [7, 11) is 1.53. The summed E-state index contributed by atoms with van der Waals surface area (Å²) in [5, 5.41) is 14.0. The largest absolute Gasteiger partial charge is 0.478 e. The molecule has 0 aromatic heterocycles. The van der Waals surface area contributed by atoms with Crippen LogP contribution in [0.5, 0.6) is 0 Å². The number of nitrogens with two attached hydrogens (primary N) is 1. The minimum Gasteiger partial charge on any atom is -0.478 e. The van der Waals surface area contributed by atoms with Crippen molar-refractivity contribution in [2.45, 2.75) is 0 Å². The summed E-state index contributed by atoms with van der Waals surface area (Å²) in [6.45, 7) is 0.0904. The third-order valence-corrected chi connectivity index (χ3v) is 2.02. The van der Waals surface area contributed by atoms with Crippen LogP contribution in [0.1, 0.15) is 10.4 Å². The van der Waals surface area contributed by atoms with Crippen molar-refractivity contribution in [3.8, 4) is 0 Å². The Morgan fingerprint density at radius 1 is 1.44 bits per heavy atom. The molecule has 6 nitrogen and oxygen atoms in total. The Morgan fingerprint density at radius 3 is 2.62 bits per heavy atom. The minimum atomic E-state index is -1.04. The van der Waals surface area contributed by atoms with Crippen LogP contribution in [0.3, 0.4) is 0 Å². The molecule has 0 aliphatic rings. The first-order valence-corrected chi connectivity index (χ1v) is 4.62. The molecule has 0 radical (unpaired) electrons. The number of carboxylic acids is 1. The van der Waals surface area contributed by atoms with Gasteiger partial charge in [0.15, 0.2) is 0 Å². The zero-order valence-electron chi connectivity index (χ0n) is 8.78. The van der Waals surface area contributed by atoms with Crippen LogP contribution in [0.4, 0.5) is 11.4 Å². The van der Waals surface area contributed by atoms with Crippen molar-refractivity contribution in [1.82, 2.24) is 5.32 Å². The lowest BCUT2D eigenvalue weighted by atomic mass is 10.2. The van der Waals surface area contributed by atoms with Crippen LogP contribution >= 0.6 is 0 Å². The molecule has 0 atom stereocenters. The number of carbonyl (C=O) groups is 2. The molecule has 0 heterocycles. The van der Waals surface area contributed by atoms with E-state index in [4.69, 9.17) is 10.8 Å². The van der Waals surface area contributed by atoms with Crippen LogP contribution < -0.4 is 16.4 Å². The van der Waals surface area contributed by atoms with Gasteiger partial charge in [-0.1, -0.05) is 0 Å². The van der Waals surface area contributed by atoms with Crippen molar-refractivity contribution >= 4 is 23.3 Å². The first kappa shape index (κ1) is 11.8. The van der Waals surface area contributed by atoms with Gasteiger partial charge in [0.05, 0.1) is 23.5 Å². The molecule has 5 N–H and O–H groups in total. The molecule has 0 spiro atoms. The number of anilines is 2. The molecule has 1 aromatic rings. The molecule has 0 aliphatic carbocycles. The first-order chi connectivity index (χ1) is 7.54. The molecule has 1 rings (SSSR count). The maximum absolute atomic E-state index is 11.0. The Morgan fingerprint density at radius 2 is 2.12 bits per heavy atom. The molecular weight excluding hydrogens is 210 g/mol. The Bertz CT molecular complexity index is 418. The predicted octanol–water partition coefficient (Wildman–Crippen LogP) is 0.125. The second-order valence-electron chi connectivity index (χ2n) is 3.13. The van der Waals surface area contributed by atoms with Crippen molar-refractivity contribution in [1.29, 1.82) is 0 Å². The maximum atomic E-state index is 11.0. The van der Waals surface area contributed by atoms with Crippen LogP contribution in [0.15, 0.2) is 18.2 Å². The van der Waals surface area contributed by atoms with E-state index in [1.807, 2.05) is 0 Å². The van der Waals surface area contributed by atoms with Crippen molar-refractivity contribution in [3.63, 3.8) is 0 Å². The van der Waals surface area contributed by atoms with Gasteiger partial charge in [-0.05, 0) is 18.2 Å². The highest BCUT2D eigenvalue weighted by Crippen LogP contribution is 2.19. The number of aromatic carboxylic acids is 1. The molecule has 1 amide bonds. The molecule has 0 aliphatic heterocycles. The lowest BCUT2D eigenvalue weighted by Gasteiger charge is -2.08. The Hall–Kier alpha value is -2.24. The molecule has 16 heavy (non-hydrogen) atoms. The first-order valence-electron chi connectivity index (χ1n) is 4.62. The molecular formula is C10H13N3O3. The van der Waals surface area contributed by atoms with Crippen molar-refractivity contribution in [3.05, 3.63) is 23.8 Å². The maximum Gasteiger partial charge on any atom is 0.335 e. The number of hydrogen-bond acceptors (Lipinski definition) is 4. The van der Waals surface area contributed by atoms with Gasteiger partial charge in [0.1, 0.15) is 0 Å². The molecule has 0 saturated carbocycles. The van der Waals surface area contributed by atoms with Crippen molar-refractivity contribution in [2.24, 2.45) is 0 Å². The number of benzene rings is 1. The zero-order chi connectivity index (χ0) is 12.1. The van der Waals surface area contributed by atoms with Gasteiger partial charge >= 0.3 is 5.97 Å². The fourth-order valence-corrected chi connectivity index (χ4v) is 1.12. The SMILES string of the molecule is CNC(=O)CNc1ccc(C(=O)O)cc1N. The van der Waals surface area contributed by atoms with E-state index in [1.165, 1.54) is 25.2 Å². The van der Waals surface area contributed by atoms with Gasteiger partial charge in [-0.2, -0.15) is 0 Å². The summed E-state index contributed by atoms with van der Waals surface area (Å²) in [6, 6.07) is 4.29. The summed E-state index contributed by atoms with van der Waals surface area (Å²) in [6.07, 6.45) is 0. The van der Waals surface area contributed by atoms with E-state index in [0.29, 0.717) is 11.4 Å². The van der Waals surface area contributed by atoms with Gasteiger partial charge in [0, 0.05) is 7.05 Å². The van der Waals surface area contributed by atoms with Crippen LogP contribution in [0.25, 0.3) is 0 Å². The second-order valence-corrected chi connectivity index (χ2v) is 3.13. The summed E-state index contributed by atoms with van der Waals surface area (Å²) < 4.78 is 0. The number of carbonyl (C=O) groups excluding carboxylic acids is 1. The number of hydrogen-bond donors (Lipinski definition) is 4. The highest BCUT2D eigenvalue weighted by molar-refractivity contribution is 5.90. The summed E-state index contributed by atoms with van der Waals surface area (Å²) in [5.41, 5.74) is 6.57. The average Bonchev–Trinajstić information content (AvgIpc) is 2.26. The van der Waals surface area contributed by atoms with Crippen LogP contribution in [-0.4, -0.2) is 30.6 Å². The van der Waals surface area contributed by atoms with E-state index < -0.39 is 5.97 Å². The molecule has 0 unspecified atom stereocenters. The van der Waals surface area contributed by atoms with E-state index in [1.54, 1.807) is 0 Å². The highest BCUT2D eigenvalue weighted by atomic mass is 16.4. The number of nitrogens with one attached hydrogen (secondary N) is 2.